The zero-order chi connectivity index (χ0) is 15.3. The quantitative estimate of drug-likeness (QED) is 0.748. The van der Waals surface area contributed by atoms with Crippen LogP contribution in [-0.4, -0.2) is 10.9 Å². The lowest BCUT2D eigenvalue weighted by Crippen LogP contribution is -2.14. The molecular weight excluding hydrogens is 294 g/mol. The predicted octanol–water partition coefficient (Wildman–Crippen LogP) is 3.47. The normalized spacial score (nSPS) is 25.7. The van der Waals surface area contributed by atoms with Crippen molar-refractivity contribution < 1.29 is 9.59 Å². The molecule has 0 radical (unpaired) electrons. The fourth-order valence-electron chi connectivity index (χ4n) is 3.42. The summed E-state index contributed by atoms with van der Waals surface area (Å²) in [6.07, 6.45) is 0. The summed E-state index contributed by atoms with van der Waals surface area (Å²) in [6.45, 7) is 0. The van der Waals surface area contributed by atoms with E-state index in [0.29, 0.717) is 11.1 Å². The third kappa shape index (κ3) is 1.69. The zero-order valence-corrected chi connectivity index (χ0v) is 12.3. The summed E-state index contributed by atoms with van der Waals surface area (Å²) in [5.41, 5.74) is 2.93. The van der Waals surface area contributed by atoms with Crippen LogP contribution in [-0.2, 0) is 4.79 Å². The van der Waals surface area contributed by atoms with Crippen LogP contribution in [0, 0.1) is 17.2 Å². The van der Waals surface area contributed by atoms with Gasteiger partial charge in [-0.05, 0) is 11.1 Å². The summed E-state index contributed by atoms with van der Waals surface area (Å²) >= 11 is 1.19. The summed E-state index contributed by atoms with van der Waals surface area (Å²) in [5, 5.41) is 9.17. The maximum atomic E-state index is 12.9. The molecule has 3 atom stereocenters. The maximum absolute atomic E-state index is 12.9. The molecule has 0 saturated carbocycles. The molecule has 1 saturated heterocycles. The van der Waals surface area contributed by atoms with Gasteiger partial charge < -0.3 is 0 Å². The molecule has 4 heteroatoms. The van der Waals surface area contributed by atoms with Crippen LogP contribution in [0.2, 0.25) is 0 Å². The van der Waals surface area contributed by atoms with Gasteiger partial charge in [-0.25, -0.2) is 0 Å². The molecule has 1 aliphatic heterocycles. The first-order valence-corrected chi connectivity index (χ1v) is 7.93. The van der Waals surface area contributed by atoms with Crippen molar-refractivity contribution in [3.63, 3.8) is 0 Å². The van der Waals surface area contributed by atoms with Crippen LogP contribution in [0.15, 0.2) is 48.5 Å². The lowest BCUT2D eigenvalue weighted by atomic mass is 9.82. The first kappa shape index (κ1) is 13.3. The monoisotopic (exact) mass is 305 g/mol. The maximum Gasteiger partial charge on any atom is 0.207 e. The summed E-state index contributed by atoms with van der Waals surface area (Å²) in [7, 11) is 0. The Morgan fingerprint density at radius 2 is 1.50 bits per heavy atom. The molecule has 0 spiro atoms. The second kappa shape index (κ2) is 4.82. The van der Waals surface area contributed by atoms with Crippen molar-refractivity contribution in [2.45, 2.75) is 11.2 Å². The van der Waals surface area contributed by atoms with Gasteiger partial charge in [0.05, 0.1) is 6.07 Å². The number of fused-ring (bicyclic) bond motifs is 5. The summed E-state index contributed by atoms with van der Waals surface area (Å²) < 4.78 is 0. The summed E-state index contributed by atoms with van der Waals surface area (Å²) in [5.74, 6) is -0.980. The van der Waals surface area contributed by atoms with Crippen LogP contribution >= 0.6 is 11.8 Å². The van der Waals surface area contributed by atoms with Gasteiger partial charge in [-0.3, -0.25) is 9.59 Å². The van der Waals surface area contributed by atoms with E-state index in [0.717, 1.165) is 11.1 Å². The molecule has 22 heavy (non-hydrogen) atoms. The van der Waals surface area contributed by atoms with Crippen molar-refractivity contribution in [2.75, 3.05) is 0 Å². The van der Waals surface area contributed by atoms with E-state index in [1.54, 1.807) is 6.07 Å². The van der Waals surface area contributed by atoms with E-state index in [1.807, 2.05) is 42.5 Å². The van der Waals surface area contributed by atoms with Gasteiger partial charge >= 0.3 is 0 Å². The third-order valence-electron chi connectivity index (χ3n) is 4.40. The molecule has 1 aliphatic carbocycles. The van der Waals surface area contributed by atoms with Crippen molar-refractivity contribution >= 4 is 22.7 Å². The molecule has 1 heterocycles. The summed E-state index contributed by atoms with van der Waals surface area (Å²) in [4.78, 5) is 25.1. The number of hydrogen-bond acceptors (Lipinski definition) is 4. The Morgan fingerprint density at radius 3 is 2.18 bits per heavy atom. The van der Waals surface area contributed by atoms with E-state index in [2.05, 4.69) is 6.07 Å². The van der Waals surface area contributed by atoms with Gasteiger partial charge in [0.2, 0.25) is 5.12 Å². The van der Waals surface area contributed by atoms with E-state index in [-0.39, 0.29) is 22.1 Å². The Hall–Kier alpha value is -2.38. The molecule has 2 aromatic carbocycles. The Balaban J connectivity index is 2.05. The van der Waals surface area contributed by atoms with Crippen LogP contribution in [0.1, 0.15) is 38.2 Å². The number of ketones is 1. The number of carbonyl (C=O) groups is 2. The van der Waals surface area contributed by atoms with E-state index >= 15 is 0 Å². The van der Waals surface area contributed by atoms with E-state index in [1.165, 1.54) is 11.8 Å². The van der Waals surface area contributed by atoms with Gasteiger partial charge in [0, 0.05) is 22.3 Å². The SMILES string of the molecule is N#C[C@H]1C(=O)S[C@@H]2c3ccccc3C(=O)c3ccccc3[C@@H]21. The number of thioether (sulfide) groups is 1. The highest BCUT2D eigenvalue weighted by atomic mass is 32.2. The molecule has 0 N–H and O–H groups in total. The van der Waals surface area contributed by atoms with E-state index < -0.39 is 5.92 Å². The average molecular weight is 305 g/mol. The lowest BCUT2D eigenvalue weighted by molar-refractivity contribution is -0.112. The van der Waals surface area contributed by atoms with Crippen molar-refractivity contribution in [1.82, 2.24) is 0 Å². The number of rotatable bonds is 0. The van der Waals surface area contributed by atoms with Gasteiger partial charge in [-0.15, -0.1) is 0 Å². The Morgan fingerprint density at radius 1 is 0.909 bits per heavy atom. The largest absolute Gasteiger partial charge is 0.289 e. The molecule has 0 amide bonds. The highest BCUT2D eigenvalue weighted by Crippen LogP contribution is 2.56. The van der Waals surface area contributed by atoms with Crippen molar-refractivity contribution in [3.8, 4) is 6.07 Å². The standard InChI is InChI=1S/C18H11NO2S/c19-9-14-15-10-5-1-2-6-11(10)16(20)12-7-3-4-8-13(12)17(15)22-18(14)21/h1-8,14-15,17H/t14-,15-,17-/m1/s1. The second-order valence-corrected chi connectivity index (χ2v) is 6.64. The van der Waals surface area contributed by atoms with Gasteiger partial charge in [0.15, 0.2) is 5.78 Å². The van der Waals surface area contributed by atoms with Crippen LogP contribution in [0.5, 0.6) is 0 Å². The first-order valence-electron chi connectivity index (χ1n) is 7.05. The minimum atomic E-state index is -0.699. The fraction of sp³-hybridized carbons (Fsp3) is 0.167. The summed E-state index contributed by atoms with van der Waals surface area (Å²) in [6, 6.07) is 16.9. The molecule has 0 unspecified atom stereocenters. The number of nitrogens with zero attached hydrogens (tertiary/aromatic N) is 1. The number of carbonyl (C=O) groups excluding carboxylic acids is 2. The van der Waals surface area contributed by atoms with Gasteiger partial charge in [0.1, 0.15) is 5.92 Å². The van der Waals surface area contributed by atoms with Gasteiger partial charge in [-0.1, -0.05) is 60.3 Å². The predicted molar refractivity (Wildman–Crippen MR) is 83.5 cm³/mol. The molecule has 1 fully saturated rings. The second-order valence-electron chi connectivity index (χ2n) is 5.49. The first-order chi connectivity index (χ1) is 10.7. The Kier molecular flexibility index (Phi) is 2.91. The van der Waals surface area contributed by atoms with E-state index in [9.17, 15) is 14.9 Å². The molecule has 0 aromatic heterocycles. The topological polar surface area (TPSA) is 57.9 Å². The number of nitriles is 1. The van der Waals surface area contributed by atoms with Gasteiger partial charge in [0.25, 0.3) is 0 Å². The molecular formula is C18H11NO2S. The van der Waals surface area contributed by atoms with Crippen LogP contribution in [0.25, 0.3) is 0 Å². The Labute approximate surface area is 132 Å². The number of benzene rings is 2. The minimum Gasteiger partial charge on any atom is -0.289 e. The van der Waals surface area contributed by atoms with Crippen LogP contribution in [0.3, 0.4) is 0 Å². The van der Waals surface area contributed by atoms with Crippen LogP contribution < -0.4 is 0 Å². The molecule has 0 bridgehead atoms. The molecule has 2 aliphatic rings. The number of hydrogen-bond donors (Lipinski definition) is 0. The van der Waals surface area contributed by atoms with E-state index in [4.69, 9.17) is 0 Å². The Bertz CT molecular complexity index is 852. The smallest absolute Gasteiger partial charge is 0.207 e. The lowest BCUT2D eigenvalue weighted by Gasteiger charge is -2.19. The third-order valence-corrected chi connectivity index (χ3v) is 5.69. The molecule has 3 nitrogen and oxygen atoms in total. The van der Waals surface area contributed by atoms with Crippen molar-refractivity contribution in [2.24, 2.45) is 5.92 Å². The van der Waals surface area contributed by atoms with Crippen LogP contribution in [0.4, 0.5) is 0 Å². The van der Waals surface area contributed by atoms with Crippen molar-refractivity contribution in [1.29, 1.82) is 5.26 Å². The zero-order valence-electron chi connectivity index (χ0n) is 11.5. The average Bonchev–Trinajstić information content (AvgIpc) is 2.85. The van der Waals surface area contributed by atoms with Crippen molar-refractivity contribution in [3.05, 3.63) is 70.8 Å². The van der Waals surface area contributed by atoms with Gasteiger partial charge in [-0.2, -0.15) is 5.26 Å². The fourth-order valence-corrected chi connectivity index (χ4v) is 4.80. The molecule has 106 valence electrons. The molecule has 4 rings (SSSR count). The highest BCUT2D eigenvalue weighted by Gasteiger charge is 2.48. The molecule has 2 aromatic rings. The highest BCUT2D eigenvalue weighted by molar-refractivity contribution is 8.14. The minimum absolute atomic E-state index is 0.0228.